The van der Waals surface area contributed by atoms with Crippen molar-refractivity contribution in [3.63, 3.8) is 0 Å². The van der Waals surface area contributed by atoms with Crippen LogP contribution in [-0.4, -0.2) is 15.0 Å². The van der Waals surface area contributed by atoms with Gasteiger partial charge in [0, 0.05) is 15.8 Å². The Morgan fingerprint density at radius 3 is 1.10 bits per heavy atom. The summed E-state index contributed by atoms with van der Waals surface area (Å²) in [6.45, 7) is 0. The molecule has 11 rings (SSSR count). The summed E-state index contributed by atoms with van der Waals surface area (Å²) in [5, 5.41) is 1.18. The lowest BCUT2D eigenvalue weighted by molar-refractivity contribution is 1.08. The summed E-state index contributed by atoms with van der Waals surface area (Å²) in [4.78, 5) is 16.4. The molecule has 4 heteroatoms. The van der Waals surface area contributed by atoms with Gasteiger partial charge in [0.25, 0.3) is 0 Å². The van der Waals surface area contributed by atoms with Gasteiger partial charge in [-0.3, -0.25) is 0 Å². The van der Waals surface area contributed by atoms with E-state index in [0.29, 0.717) is 17.5 Å². The molecule has 11 aromatic rings. The molecule has 0 aliphatic rings. The molecule has 0 aliphatic carbocycles. The van der Waals surface area contributed by atoms with Crippen LogP contribution in [0.25, 0.3) is 110 Å². The highest BCUT2D eigenvalue weighted by Gasteiger charge is 2.24. The largest absolute Gasteiger partial charge is 0.208 e. The molecule has 0 saturated heterocycles. The fraction of sp³-hybridized carbons (Fsp3) is 0. The van der Waals surface area contributed by atoms with E-state index < -0.39 is 0 Å². The van der Waals surface area contributed by atoms with Crippen molar-refractivity contribution in [3.05, 3.63) is 237 Å². The molecule has 0 atom stereocenters. The predicted octanol–water partition coefficient (Wildman–Crippen LogP) is 16.1. The van der Waals surface area contributed by atoms with E-state index in [-0.39, 0.29) is 0 Å². The molecule has 0 unspecified atom stereocenters. The van der Waals surface area contributed by atoms with Crippen LogP contribution in [0.1, 0.15) is 0 Å². The van der Waals surface area contributed by atoms with Crippen LogP contribution >= 0.6 is 11.3 Å². The first kappa shape index (κ1) is 37.9. The van der Waals surface area contributed by atoms with Gasteiger partial charge in [-0.05, 0) is 90.3 Å². The lowest BCUT2D eigenvalue weighted by Crippen LogP contribution is -2.00. The maximum Gasteiger partial charge on any atom is 0.174 e. The van der Waals surface area contributed by atoms with Crippen molar-refractivity contribution >= 4 is 21.4 Å². The number of hydrogen-bond donors (Lipinski definition) is 0. The van der Waals surface area contributed by atoms with Crippen LogP contribution in [0.4, 0.5) is 0 Å². The van der Waals surface area contributed by atoms with Crippen LogP contribution < -0.4 is 0 Å². The maximum absolute atomic E-state index is 5.17. The summed E-state index contributed by atoms with van der Waals surface area (Å²) in [7, 11) is 0. The minimum atomic E-state index is 0.629. The van der Waals surface area contributed by atoms with Gasteiger partial charge in [0.1, 0.15) is 0 Å². The molecule has 0 fully saturated rings. The van der Waals surface area contributed by atoms with E-state index in [2.05, 4.69) is 231 Å². The zero-order valence-corrected chi connectivity index (χ0v) is 35.1. The van der Waals surface area contributed by atoms with Crippen LogP contribution in [0.5, 0.6) is 0 Å². The van der Waals surface area contributed by atoms with Gasteiger partial charge in [0.05, 0.1) is 4.88 Å². The minimum Gasteiger partial charge on any atom is -0.208 e. The molecular formula is C59H39N3S. The number of aromatic nitrogens is 3. The molecule has 296 valence electrons. The molecule has 0 bridgehead atoms. The van der Waals surface area contributed by atoms with Crippen LogP contribution in [0.3, 0.4) is 0 Å². The van der Waals surface area contributed by atoms with Gasteiger partial charge in [-0.2, -0.15) is 0 Å². The summed E-state index contributed by atoms with van der Waals surface area (Å²) >= 11 is 1.70. The smallest absolute Gasteiger partial charge is 0.174 e. The highest BCUT2D eigenvalue weighted by molar-refractivity contribution is 7.22. The number of hydrogen-bond acceptors (Lipinski definition) is 4. The van der Waals surface area contributed by atoms with E-state index in [1.807, 2.05) is 6.07 Å². The Labute approximate surface area is 371 Å². The number of thiophene rings is 1. The quantitative estimate of drug-likeness (QED) is 0.146. The number of benzene rings is 9. The second-order valence-electron chi connectivity index (χ2n) is 15.5. The molecule has 2 heterocycles. The van der Waals surface area contributed by atoms with Gasteiger partial charge in [0.2, 0.25) is 0 Å². The van der Waals surface area contributed by atoms with Gasteiger partial charge in [0.15, 0.2) is 17.5 Å². The second kappa shape index (κ2) is 16.8. The highest BCUT2D eigenvalue weighted by atomic mass is 32.1. The van der Waals surface area contributed by atoms with Crippen molar-refractivity contribution in [1.82, 2.24) is 15.0 Å². The molecule has 0 amide bonds. The molecule has 3 nitrogen and oxygen atoms in total. The van der Waals surface area contributed by atoms with E-state index in [4.69, 9.17) is 15.0 Å². The van der Waals surface area contributed by atoms with Gasteiger partial charge >= 0.3 is 0 Å². The zero-order valence-electron chi connectivity index (χ0n) is 34.3. The lowest BCUT2D eigenvalue weighted by Gasteiger charge is -2.24. The average Bonchev–Trinajstić information content (AvgIpc) is 3.82. The first-order valence-corrected chi connectivity index (χ1v) is 22.0. The molecule has 0 radical (unpaired) electrons. The third kappa shape index (κ3) is 7.54. The van der Waals surface area contributed by atoms with Crippen molar-refractivity contribution in [2.75, 3.05) is 0 Å². The van der Waals surface area contributed by atoms with Crippen molar-refractivity contribution in [3.8, 4) is 100 Å². The fourth-order valence-corrected chi connectivity index (χ4v) is 9.53. The molecule has 63 heavy (non-hydrogen) atoms. The van der Waals surface area contributed by atoms with Gasteiger partial charge < -0.3 is 0 Å². The number of nitrogens with zero attached hydrogens (tertiary/aromatic N) is 3. The SMILES string of the molecule is c1ccc(-c2ccc(-c3nc(-c4ccc(-c5cc(-c6ccccc6)c(-c6ccccc6)c(-c6ccccc6)c5-c5ccccc5)cc4)nc(-c4cc5ccccc5s4)n3)cc2)cc1. The maximum atomic E-state index is 5.17. The molecule has 9 aromatic carbocycles. The van der Waals surface area contributed by atoms with Crippen molar-refractivity contribution in [1.29, 1.82) is 0 Å². The van der Waals surface area contributed by atoms with Crippen LogP contribution in [-0.2, 0) is 0 Å². The summed E-state index contributed by atoms with van der Waals surface area (Å²) in [5.74, 6) is 1.93. The second-order valence-corrected chi connectivity index (χ2v) is 16.6. The summed E-state index contributed by atoms with van der Waals surface area (Å²) in [6, 6.07) is 83.9. The predicted molar refractivity (Wildman–Crippen MR) is 264 cm³/mol. The van der Waals surface area contributed by atoms with Crippen molar-refractivity contribution in [2.45, 2.75) is 0 Å². The van der Waals surface area contributed by atoms with Crippen LogP contribution in [0, 0.1) is 0 Å². The van der Waals surface area contributed by atoms with Gasteiger partial charge in [-0.15, -0.1) is 11.3 Å². The average molecular weight is 822 g/mol. The number of rotatable bonds is 9. The third-order valence-electron chi connectivity index (χ3n) is 11.6. The molecule has 0 saturated carbocycles. The van der Waals surface area contributed by atoms with Crippen LogP contribution in [0.15, 0.2) is 237 Å². The van der Waals surface area contributed by atoms with Crippen LogP contribution in [0.2, 0.25) is 0 Å². The normalized spacial score (nSPS) is 11.2. The standard InChI is InChI=1S/C59H39N3S/c1-6-18-40(19-7-1)41-30-34-47(35-31-41)57-60-58(62-59(61-57)53-38-49-28-16-17-29-52(49)63-53)48-36-32-43(33-37-48)51-39-50(42-20-8-2-9-21-42)54(44-22-10-3-11-23-44)56(46-26-14-5-15-27-46)55(51)45-24-12-4-13-25-45/h1-39H. The molecule has 0 N–H and O–H groups in total. The number of fused-ring (bicyclic) bond motifs is 1. The molecule has 2 aromatic heterocycles. The zero-order chi connectivity index (χ0) is 42.0. The Morgan fingerprint density at radius 1 is 0.254 bits per heavy atom. The first-order chi connectivity index (χ1) is 31.2. The highest BCUT2D eigenvalue weighted by Crippen LogP contribution is 2.50. The van der Waals surface area contributed by atoms with Gasteiger partial charge in [-0.25, -0.2) is 15.0 Å². The van der Waals surface area contributed by atoms with Crippen molar-refractivity contribution in [2.24, 2.45) is 0 Å². The third-order valence-corrected chi connectivity index (χ3v) is 12.7. The summed E-state index contributed by atoms with van der Waals surface area (Å²) in [5.41, 5.74) is 15.8. The topological polar surface area (TPSA) is 38.7 Å². The van der Waals surface area contributed by atoms with E-state index in [9.17, 15) is 0 Å². The fourth-order valence-electron chi connectivity index (χ4n) is 8.54. The van der Waals surface area contributed by atoms with Gasteiger partial charge in [-0.1, -0.05) is 218 Å². The molecule has 0 aliphatic heterocycles. The Morgan fingerprint density at radius 2 is 0.603 bits per heavy atom. The molecule has 0 spiro atoms. The minimum absolute atomic E-state index is 0.629. The molecular weight excluding hydrogens is 783 g/mol. The van der Waals surface area contributed by atoms with E-state index in [0.717, 1.165) is 49.4 Å². The Hall–Kier alpha value is -8.05. The van der Waals surface area contributed by atoms with Crippen molar-refractivity contribution < 1.29 is 0 Å². The Balaban J connectivity index is 1.10. The lowest BCUT2D eigenvalue weighted by atomic mass is 9.79. The van der Waals surface area contributed by atoms with E-state index in [1.165, 1.54) is 43.5 Å². The Kier molecular flexibility index (Phi) is 10.1. The summed E-state index contributed by atoms with van der Waals surface area (Å²) < 4.78 is 1.20. The first-order valence-electron chi connectivity index (χ1n) is 21.2. The Bertz CT molecular complexity index is 3300. The van der Waals surface area contributed by atoms with E-state index in [1.54, 1.807) is 11.3 Å². The summed E-state index contributed by atoms with van der Waals surface area (Å²) in [6.07, 6.45) is 0. The monoisotopic (exact) mass is 821 g/mol. The van der Waals surface area contributed by atoms with E-state index >= 15 is 0 Å².